The Morgan fingerprint density at radius 1 is 1.33 bits per heavy atom. The zero-order valence-electron chi connectivity index (χ0n) is 13.2. The summed E-state index contributed by atoms with van der Waals surface area (Å²) in [4.78, 5) is 16.5. The Bertz CT molecular complexity index is 825. The lowest BCUT2D eigenvalue weighted by Gasteiger charge is -2.03. The highest BCUT2D eigenvalue weighted by Crippen LogP contribution is 2.25. The molecule has 3 rings (SSSR count). The van der Waals surface area contributed by atoms with Crippen LogP contribution in [0, 0.1) is 6.92 Å². The van der Waals surface area contributed by atoms with Crippen molar-refractivity contribution in [1.29, 1.82) is 0 Å². The summed E-state index contributed by atoms with van der Waals surface area (Å²) >= 11 is 7.33. The van der Waals surface area contributed by atoms with Gasteiger partial charge in [0.1, 0.15) is 10.7 Å². The van der Waals surface area contributed by atoms with E-state index in [-0.39, 0.29) is 5.91 Å². The summed E-state index contributed by atoms with van der Waals surface area (Å²) < 4.78 is 1.88. The predicted molar refractivity (Wildman–Crippen MR) is 96.5 cm³/mol. The van der Waals surface area contributed by atoms with E-state index in [9.17, 15) is 4.79 Å². The van der Waals surface area contributed by atoms with Gasteiger partial charge in [0.25, 0.3) is 5.91 Å². The molecule has 0 saturated heterocycles. The maximum atomic E-state index is 12.1. The Balaban J connectivity index is 1.51. The van der Waals surface area contributed by atoms with Crippen molar-refractivity contribution in [3.05, 3.63) is 58.3 Å². The lowest BCUT2D eigenvalue weighted by Crippen LogP contribution is -2.25. The fourth-order valence-corrected chi connectivity index (χ4v) is 3.16. The monoisotopic (exact) mass is 360 g/mol. The number of aryl methyl sites for hydroxylation is 2. The largest absolute Gasteiger partial charge is 0.351 e. The van der Waals surface area contributed by atoms with Crippen LogP contribution in [0.4, 0.5) is 0 Å². The molecule has 0 aliphatic rings. The minimum atomic E-state index is -0.150. The van der Waals surface area contributed by atoms with E-state index in [1.54, 1.807) is 5.38 Å². The van der Waals surface area contributed by atoms with E-state index < -0.39 is 0 Å². The molecule has 1 amide bonds. The number of hydrogen-bond donors (Lipinski definition) is 1. The van der Waals surface area contributed by atoms with E-state index in [1.165, 1.54) is 11.3 Å². The fraction of sp³-hybridized carbons (Fsp3) is 0.235. The molecular formula is C17H17ClN4OS. The number of carbonyl (C=O) groups excluding carboxylic acids is 1. The van der Waals surface area contributed by atoms with Crippen molar-refractivity contribution in [2.45, 2.75) is 19.9 Å². The van der Waals surface area contributed by atoms with Crippen LogP contribution in [0.2, 0.25) is 5.02 Å². The first-order chi connectivity index (χ1) is 11.6. The van der Waals surface area contributed by atoms with Gasteiger partial charge in [0.05, 0.1) is 6.20 Å². The molecule has 5 nitrogen and oxygen atoms in total. The lowest BCUT2D eigenvalue weighted by atomic mass is 10.2. The minimum absolute atomic E-state index is 0.150. The molecule has 124 valence electrons. The molecule has 3 aromatic rings. The number of aromatic nitrogens is 3. The molecule has 2 heterocycles. The van der Waals surface area contributed by atoms with Crippen LogP contribution < -0.4 is 5.32 Å². The van der Waals surface area contributed by atoms with Crippen molar-refractivity contribution in [3.8, 4) is 10.6 Å². The third-order valence-corrected chi connectivity index (χ3v) is 4.58. The quantitative estimate of drug-likeness (QED) is 0.680. The van der Waals surface area contributed by atoms with Crippen molar-refractivity contribution in [3.63, 3.8) is 0 Å². The average Bonchev–Trinajstić information content (AvgIpc) is 3.21. The highest BCUT2D eigenvalue weighted by molar-refractivity contribution is 7.13. The Morgan fingerprint density at radius 2 is 2.12 bits per heavy atom. The molecule has 2 aromatic heterocycles. The lowest BCUT2D eigenvalue weighted by molar-refractivity contribution is 0.0948. The molecule has 0 saturated carbocycles. The van der Waals surface area contributed by atoms with Gasteiger partial charge in [0.2, 0.25) is 0 Å². The van der Waals surface area contributed by atoms with Crippen molar-refractivity contribution in [1.82, 2.24) is 20.1 Å². The van der Waals surface area contributed by atoms with Crippen molar-refractivity contribution in [2.24, 2.45) is 0 Å². The number of hydrogen-bond acceptors (Lipinski definition) is 4. The fourth-order valence-electron chi connectivity index (χ4n) is 2.23. The highest BCUT2D eigenvalue weighted by Gasteiger charge is 2.11. The van der Waals surface area contributed by atoms with E-state index in [0.29, 0.717) is 17.3 Å². The Kier molecular flexibility index (Phi) is 5.27. The number of halogens is 1. The maximum absolute atomic E-state index is 12.1. The molecule has 0 aliphatic carbocycles. The molecule has 24 heavy (non-hydrogen) atoms. The van der Waals surface area contributed by atoms with Gasteiger partial charge in [-0.15, -0.1) is 11.3 Å². The average molecular weight is 361 g/mol. The Hall–Kier alpha value is -2.18. The van der Waals surface area contributed by atoms with Crippen LogP contribution in [-0.2, 0) is 6.54 Å². The van der Waals surface area contributed by atoms with Crippen LogP contribution in [0.1, 0.15) is 22.5 Å². The summed E-state index contributed by atoms with van der Waals surface area (Å²) in [6.45, 7) is 3.37. The molecule has 0 atom stereocenters. The first-order valence-corrected chi connectivity index (χ1v) is 8.86. The normalized spacial score (nSPS) is 10.8. The number of nitrogens with one attached hydrogen (secondary N) is 1. The highest BCUT2D eigenvalue weighted by atomic mass is 35.5. The molecule has 1 N–H and O–H groups in total. The van der Waals surface area contributed by atoms with Gasteiger partial charge in [0, 0.05) is 35.3 Å². The van der Waals surface area contributed by atoms with Crippen LogP contribution in [-0.4, -0.2) is 27.2 Å². The second-order valence-corrected chi connectivity index (χ2v) is 6.73. The maximum Gasteiger partial charge on any atom is 0.270 e. The second kappa shape index (κ2) is 7.59. The van der Waals surface area contributed by atoms with Gasteiger partial charge in [-0.1, -0.05) is 23.7 Å². The van der Waals surface area contributed by atoms with Crippen LogP contribution in [0.25, 0.3) is 10.6 Å². The van der Waals surface area contributed by atoms with Gasteiger partial charge in [0.15, 0.2) is 0 Å². The minimum Gasteiger partial charge on any atom is -0.351 e. The molecule has 0 spiro atoms. The SMILES string of the molecule is Cc1cnn(CCCNC(=O)c2csc(-c3ccc(Cl)cc3)n2)c1. The topological polar surface area (TPSA) is 59.8 Å². The van der Waals surface area contributed by atoms with Crippen LogP contribution in [0.3, 0.4) is 0 Å². The molecular weight excluding hydrogens is 344 g/mol. The first-order valence-electron chi connectivity index (χ1n) is 7.60. The number of amides is 1. The van der Waals surface area contributed by atoms with E-state index in [1.807, 2.05) is 48.3 Å². The number of carbonyl (C=O) groups is 1. The number of rotatable bonds is 6. The van der Waals surface area contributed by atoms with Gasteiger partial charge in [-0.25, -0.2) is 4.98 Å². The van der Waals surface area contributed by atoms with E-state index in [2.05, 4.69) is 15.4 Å². The van der Waals surface area contributed by atoms with E-state index >= 15 is 0 Å². The van der Waals surface area contributed by atoms with Crippen LogP contribution in [0.15, 0.2) is 42.0 Å². The summed E-state index contributed by atoms with van der Waals surface area (Å²) in [6, 6.07) is 7.42. The van der Waals surface area contributed by atoms with Gasteiger partial charge >= 0.3 is 0 Å². The predicted octanol–water partition coefficient (Wildman–Crippen LogP) is 3.79. The zero-order valence-corrected chi connectivity index (χ0v) is 14.8. The Morgan fingerprint density at radius 3 is 2.83 bits per heavy atom. The molecule has 0 unspecified atom stereocenters. The second-order valence-electron chi connectivity index (χ2n) is 5.44. The molecule has 0 aliphatic heterocycles. The zero-order chi connectivity index (χ0) is 16.9. The molecule has 0 fully saturated rings. The summed E-state index contributed by atoms with van der Waals surface area (Å²) in [5.41, 5.74) is 2.54. The smallest absolute Gasteiger partial charge is 0.270 e. The number of thiazole rings is 1. The first kappa shape index (κ1) is 16.7. The van der Waals surface area contributed by atoms with Gasteiger partial charge in [-0.2, -0.15) is 5.10 Å². The van der Waals surface area contributed by atoms with E-state index in [0.717, 1.165) is 29.1 Å². The van der Waals surface area contributed by atoms with Crippen LogP contribution in [0.5, 0.6) is 0 Å². The van der Waals surface area contributed by atoms with Crippen molar-refractivity contribution < 1.29 is 4.79 Å². The van der Waals surface area contributed by atoms with Gasteiger partial charge < -0.3 is 5.32 Å². The third kappa shape index (κ3) is 4.21. The summed E-state index contributed by atoms with van der Waals surface area (Å²) in [7, 11) is 0. The summed E-state index contributed by atoms with van der Waals surface area (Å²) in [5, 5.41) is 10.4. The number of nitrogens with zero attached hydrogens (tertiary/aromatic N) is 3. The summed E-state index contributed by atoms with van der Waals surface area (Å²) in [5.74, 6) is -0.150. The molecule has 1 aromatic carbocycles. The third-order valence-electron chi connectivity index (χ3n) is 3.44. The molecule has 0 bridgehead atoms. The molecule has 7 heteroatoms. The van der Waals surface area contributed by atoms with E-state index in [4.69, 9.17) is 11.6 Å². The van der Waals surface area contributed by atoms with Gasteiger partial charge in [-0.05, 0) is 31.0 Å². The van der Waals surface area contributed by atoms with Crippen molar-refractivity contribution >= 4 is 28.8 Å². The van der Waals surface area contributed by atoms with Crippen LogP contribution >= 0.6 is 22.9 Å². The van der Waals surface area contributed by atoms with Crippen molar-refractivity contribution in [2.75, 3.05) is 6.54 Å². The number of benzene rings is 1. The Labute approximate surface area is 149 Å². The van der Waals surface area contributed by atoms with Gasteiger partial charge in [-0.3, -0.25) is 9.48 Å². The summed E-state index contributed by atoms with van der Waals surface area (Å²) in [6.07, 6.45) is 4.63. The molecule has 0 radical (unpaired) electrons. The standard InChI is InChI=1S/C17H17ClN4OS/c1-12-9-20-22(10-12)8-2-7-19-16(23)15-11-24-17(21-15)13-3-5-14(18)6-4-13/h3-6,9-11H,2,7-8H2,1H3,(H,19,23).